The van der Waals surface area contributed by atoms with Crippen molar-refractivity contribution in [2.75, 3.05) is 37.4 Å². The number of anilines is 2. The second kappa shape index (κ2) is 5.24. The van der Waals surface area contributed by atoms with Gasteiger partial charge in [-0.2, -0.15) is 15.1 Å². The molecule has 0 aliphatic carbocycles. The third-order valence-corrected chi connectivity index (χ3v) is 3.81. The number of ether oxygens (including phenoxy) is 1. The quantitative estimate of drug-likeness (QED) is 0.893. The maximum atomic E-state index is 6.01. The summed E-state index contributed by atoms with van der Waals surface area (Å²) in [5, 5.41) is 4.99. The summed E-state index contributed by atoms with van der Waals surface area (Å²) in [6, 6.07) is 0. The van der Waals surface area contributed by atoms with E-state index in [9.17, 15) is 0 Å². The number of fused-ring (bicyclic) bond motifs is 1. The topological polar surface area (TPSA) is 82.1 Å². The maximum Gasteiger partial charge on any atom is 0.229 e. The molecule has 0 spiro atoms. The predicted molar refractivity (Wildman–Crippen MR) is 77.5 cm³/mol. The van der Waals surface area contributed by atoms with Crippen LogP contribution in [0.25, 0.3) is 11.0 Å². The van der Waals surface area contributed by atoms with E-state index in [1.54, 1.807) is 18.0 Å². The van der Waals surface area contributed by atoms with E-state index < -0.39 is 0 Å². The molecule has 3 rings (SSSR count). The van der Waals surface area contributed by atoms with Crippen LogP contribution in [0.3, 0.4) is 0 Å². The Balaban J connectivity index is 1.91. The van der Waals surface area contributed by atoms with Crippen molar-refractivity contribution in [2.45, 2.75) is 12.8 Å². The van der Waals surface area contributed by atoms with Crippen LogP contribution in [0.4, 0.5) is 11.8 Å². The van der Waals surface area contributed by atoms with Gasteiger partial charge in [-0.15, -0.1) is 0 Å². The number of aromatic nitrogens is 4. The highest BCUT2D eigenvalue weighted by Gasteiger charge is 2.23. The number of nitrogens with two attached hydrogens (primary N) is 1. The SMILES string of the molecule is COCC1CCCN(c2nc(N)c3cnn(C)c3n2)C1. The zero-order valence-electron chi connectivity index (χ0n) is 11.9. The van der Waals surface area contributed by atoms with Crippen molar-refractivity contribution in [1.82, 2.24) is 19.7 Å². The second-order valence-electron chi connectivity index (χ2n) is 5.32. The predicted octanol–water partition coefficient (Wildman–Crippen LogP) is 0.808. The lowest BCUT2D eigenvalue weighted by atomic mass is 9.99. The standard InChI is InChI=1S/C13H20N6O/c1-18-12-10(6-15-18)11(14)16-13(17-12)19-5-3-4-9(7-19)8-20-2/h6,9H,3-5,7-8H2,1-2H3,(H2,14,16,17). The Morgan fingerprint density at radius 1 is 1.45 bits per heavy atom. The van der Waals surface area contributed by atoms with Gasteiger partial charge >= 0.3 is 0 Å². The molecule has 0 saturated carbocycles. The van der Waals surface area contributed by atoms with E-state index in [2.05, 4.69) is 20.0 Å². The largest absolute Gasteiger partial charge is 0.384 e. The first-order valence-electron chi connectivity index (χ1n) is 6.88. The summed E-state index contributed by atoms with van der Waals surface area (Å²) >= 11 is 0. The van der Waals surface area contributed by atoms with Gasteiger partial charge in [0.2, 0.25) is 5.95 Å². The molecule has 2 N–H and O–H groups in total. The van der Waals surface area contributed by atoms with Crippen LogP contribution in [0.1, 0.15) is 12.8 Å². The smallest absolute Gasteiger partial charge is 0.229 e. The fourth-order valence-electron chi connectivity index (χ4n) is 2.79. The van der Waals surface area contributed by atoms with Gasteiger partial charge in [-0.25, -0.2) is 0 Å². The van der Waals surface area contributed by atoms with E-state index in [0.717, 1.165) is 37.2 Å². The molecule has 2 aromatic rings. The summed E-state index contributed by atoms with van der Waals surface area (Å²) in [4.78, 5) is 11.2. The average Bonchev–Trinajstić information content (AvgIpc) is 2.82. The first kappa shape index (κ1) is 13.1. The zero-order valence-corrected chi connectivity index (χ0v) is 11.9. The van der Waals surface area contributed by atoms with Gasteiger partial charge in [0.15, 0.2) is 5.65 Å². The van der Waals surface area contributed by atoms with Crippen molar-refractivity contribution in [3.8, 4) is 0 Å². The number of hydrogen-bond acceptors (Lipinski definition) is 6. The molecule has 0 amide bonds. The van der Waals surface area contributed by atoms with Crippen molar-refractivity contribution in [3.05, 3.63) is 6.20 Å². The van der Waals surface area contributed by atoms with Crippen LogP contribution in [-0.4, -0.2) is 46.6 Å². The van der Waals surface area contributed by atoms with Gasteiger partial charge in [-0.1, -0.05) is 0 Å². The van der Waals surface area contributed by atoms with Gasteiger partial charge < -0.3 is 15.4 Å². The molecule has 1 aliphatic rings. The average molecular weight is 276 g/mol. The molecule has 1 atom stereocenters. The van der Waals surface area contributed by atoms with Gasteiger partial charge in [-0.3, -0.25) is 4.68 Å². The van der Waals surface area contributed by atoms with Gasteiger partial charge in [0.05, 0.1) is 18.2 Å². The molecule has 1 saturated heterocycles. The molecular weight excluding hydrogens is 256 g/mol. The second-order valence-corrected chi connectivity index (χ2v) is 5.32. The Morgan fingerprint density at radius 2 is 2.30 bits per heavy atom. The van der Waals surface area contributed by atoms with E-state index in [1.165, 1.54) is 6.42 Å². The van der Waals surface area contributed by atoms with Gasteiger partial charge in [0.1, 0.15) is 5.82 Å². The molecule has 1 aliphatic heterocycles. The summed E-state index contributed by atoms with van der Waals surface area (Å²) in [6.07, 6.45) is 4.02. The normalized spacial score (nSPS) is 19.7. The molecule has 0 aromatic carbocycles. The Hall–Kier alpha value is -1.89. The first-order valence-corrected chi connectivity index (χ1v) is 6.88. The number of nitrogen functional groups attached to an aromatic ring is 1. The molecule has 7 nitrogen and oxygen atoms in total. The number of methoxy groups -OCH3 is 1. The molecule has 20 heavy (non-hydrogen) atoms. The van der Waals surface area contributed by atoms with Crippen LogP contribution >= 0.6 is 0 Å². The van der Waals surface area contributed by atoms with Gasteiger partial charge in [0.25, 0.3) is 0 Å². The molecule has 7 heteroatoms. The van der Waals surface area contributed by atoms with Crippen molar-refractivity contribution in [1.29, 1.82) is 0 Å². The van der Waals surface area contributed by atoms with Crippen molar-refractivity contribution in [2.24, 2.45) is 13.0 Å². The van der Waals surface area contributed by atoms with E-state index in [1.807, 2.05) is 7.05 Å². The minimum atomic E-state index is 0.493. The number of aryl methyl sites for hydroxylation is 1. The van der Waals surface area contributed by atoms with Gasteiger partial charge in [-0.05, 0) is 18.8 Å². The highest BCUT2D eigenvalue weighted by atomic mass is 16.5. The third-order valence-electron chi connectivity index (χ3n) is 3.81. The van der Waals surface area contributed by atoms with E-state index >= 15 is 0 Å². The zero-order chi connectivity index (χ0) is 14.1. The van der Waals surface area contributed by atoms with E-state index in [0.29, 0.717) is 17.7 Å². The fraction of sp³-hybridized carbons (Fsp3) is 0.615. The van der Waals surface area contributed by atoms with E-state index in [-0.39, 0.29) is 0 Å². The number of piperidine rings is 1. The third kappa shape index (κ3) is 2.29. The number of rotatable bonds is 3. The van der Waals surface area contributed by atoms with Crippen LogP contribution in [0.15, 0.2) is 6.20 Å². The lowest BCUT2D eigenvalue weighted by Crippen LogP contribution is -2.38. The van der Waals surface area contributed by atoms with Crippen LogP contribution in [0.2, 0.25) is 0 Å². The van der Waals surface area contributed by atoms with E-state index in [4.69, 9.17) is 10.5 Å². The van der Waals surface area contributed by atoms with Crippen molar-refractivity contribution >= 4 is 22.8 Å². The molecule has 1 unspecified atom stereocenters. The van der Waals surface area contributed by atoms with Crippen molar-refractivity contribution < 1.29 is 4.74 Å². The minimum absolute atomic E-state index is 0.493. The van der Waals surface area contributed by atoms with Crippen LogP contribution in [0, 0.1) is 5.92 Å². The van der Waals surface area contributed by atoms with Crippen LogP contribution < -0.4 is 10.6 Å². The molecule has 1 fully saturated rings. The molecule has 108 valence electrons. The van der Waals surface area contributed by atoms with Crippen LogP contribution in [0.5, 0.6) is 0 Å². The minimum Gasteiger partial charge on any atom is -0.384 e. The lowest BCUT2D eigenvalue weighted by Gasteiger charge is -2.32. The Bertz CT molecular complexity index is 608. The molecular formula is C13H20N6O. The number of hydrogen-bond donors (Lipinski definition) is 1. The Labute approximate surface area is 117 Å². The maximum absolute atomic E-state index is 6.01. The van der Waals surface area contributed by atoms with Gasteiger partial charge in [0, 0.05) is 27.2 Å². The van der Waals surface area contributed by atoms with Crippen LogP contribution in [-0.2, 0) is 11.8 Å². The highest BCUT2D eigenvalue weighted by Crippen LogP contribution is 2.24. The molecule has 2 aromatic heterocycles. The molecule has 3 heterocycles. The lowest BCUT2D eigenvalue weighted by molar-refractivity contribution is 0.143. The summed E-state index contributed by atoms with van der Waals surface area (Å²) in [6.45, 7) is 2.65. The summed E-state index contributed by atoms with van der Waals surface area (Å²) < 4.78 is 6.99. The monoisotopic (exact) mass is 276 g/mol. The number of nitrogens with zero attached hydrogens (tertiary/aromatic N) is 5. The highest BCUT2D eigenvalue weighted by molar-refractivity contribution is 5.86. The summed E-state index contributed by atoms with van der Waals surface area (Å²) in [5.41, 5.74) is 6.79. The summed E-state index contributed by atoms with van der Waals surface area (Å²) in [7, 11) is 3.61. The Morgan fingerprint density at radius 3 is 3.10 bits per heavy atom. The first-order chi connectivity index (χ1) is 9.69. The summed E-state index contributed by atoms with van der Waals surface area (Å²) in [5.74, 6) is 1.71. The van der Waals surface area contributed by atoms with Crippen molar-refractivity contribution in [3.63, 3.8) is 0 Å². The molecule has 0 bridgehead atoms. The fourth-order valence-corrected chi connectivity index (χ4v) is 2.79. The Kier molecular flexibility index (Phi) is 3.43. The molecule has 0 radical (unpaired) electrons.